The van der Waals surface area contributed by atoms with E-state index in [1.165, 1.54) is 6.20 Å². The molecule has 0 bridgehead atoms. The van der Waals surface area contributed by atoms with Crippen molar-refractivity contribution >= 4 is 22.8 Å². The SMILES string of the molecule is CCn1nccc1C(=O)N[C@H](c1nc2c(F)c(CC3CCNC3=O)ccc2[nH]1)C1CCC(F)(F)CC1. The minimum Gasteiger partial charge on any atom is -0.356 e. The lowest BCUT2D eigenvalue weighted by atomic mass is 9.81. The monoisotopic (exact) mass is 502 g/mol. The molecule has 1 aliphatic carbocycles. The van der Waals surface area contributed by atoms with Crippen LogP contribution in [0, 0.1) is 17.7 Å². The van der Waals surface area contributed by atoms with Crippen molar-refractivity contribution in [2.75, 3.05) is 6.54 Å². The van der Waals surface area contributed by atoms with Crippen molar-refractivity contribution in [2.24, 2.45) is 11.8 Å². The number of H-pyrrole nitrogens is 1. The summed E-state index contributed by atoms with van der Waals surface area (Å²) in [7, 11) is 0. The summed E-state index contributed by atoms with van der Waals surface area (Å²) in [4.78, 5) is 32.7. The summed E-state index contributed by atoms with van der Waals surface area (Å²) in [5, 5.41) is 9.84. The lowest BCUT2D eigenvalue weighted by Crippen LogP contribution is -2.38. The molecule has 36 heavy (non-hydrogen) atoms. The van der Waals surface area contributed by atoms with Crippen molar-refractivity contribution in [1.82, 2.24) is 30.4 Å². The highest BCUT2D eigenvalue weighted by atomic mass is 19.3. The van der Waals surface area contributed by atoms with Gasteiger partial charge in [-0.1, -0.05) is 6.07 Å². The molecule has 192 valence electrons. The van der Waals surface area contributed by atoms with E-state index in [9.17, 15) is 18.4 Å². The van der Waals surface area contributed by atoms with Gasteiger partial charge in [-0.2, -0.15) is 5.10 Å². The van der Waals surface area contributed by atoms with Crippen molar-refractivity contribution in [1.29, 1.82) is 0 Å². The molecule has 5 rings (SSSR count). The Hall–Kier alpha value is -3.37. The number of nitrogens with zero attached hydrogens (tertiary/aromatic N) is 3. The number of rotatable bonds is 7. The van der Waals surface area contributed by atoms with Gasteiger partial charge in [0.1, 0.15) is 17.0 Å². The first-order chi connectivity index (χ1) is 17.3. The van der Waals surface area contributed by atoms with E-state index in [0.29, 0.717) is 42.1 Å². The highest BCUT2D eigenvalue weighted by Gasteiger charge is 2.40. The van der Waals surface area contributed by atoms with Gasteiger partial charge in [0, 0.05) is 38.0 Å². The van der Waals surface area contributed by atoms with Crippen molar-refractivity contribution in [3.8, 4) is 0 Å². The number of aromatic amines is 1. The van der Waals surface area contributed by atoms with E-state index in [1.807, 2.05) is 6.92 Å². The van der Waals surface area contributed by atoms with Gasteiger partial charge in [0.15, 0.2) is 5.82 Å². The average molecular weight is 503 g/mol. The first kappa shape index (κ1) is 24.3. The number of carbonyl (C=O) groups excluding carboxylic acids is 2. The predicted molar refractivity (Wildman–Crippen MR) is 126 cm³/mol. The standard InChI is InChI=1S/C25H29F3N6O2/c1-2-34-18(8-12-30-34)24(36)33-20(14-5-9-25(27,28)10-6-14)22-31-17-4-3-15(19(26)21(17)32-22)13-16-7-11-29-23(16)35/h3-4,8,12,14,16,20H,2,5-7,9-11,13H2,1H3,(H,29,35)(H,31,32)(H,33,36)/t16?,20-/m0/s1. The molecule has 2 fully saturated rings. The van der Waals surface area contributed by atoms with Crippen LogP contribution in [0.1, 0.15) is 66.9 Å². The predicted octanol–water partition coefficient (Wildman–Crippen LogP) is 3.89. The van der Waals surface area contributed by atoms with E-state index < -0.39 is 23.7 Å². The van der Waals surface area contributed by atoms with Crippen molar-refractivity contribution in [3.05, 3.63) is 47.3 Å². The second-order valence-corrected chi connectivity index (χ2v) is 9.71. The van der Waals surface area contributed by atoms with Crippen LogP contribution in [0.3, 0.4) is 0 Å². The first-order valence-electron chi connectivity index (χ1n) is 12.4. The van der Waals surface area contributed by atoms with Crippen LogP contribution >= 0.6 is 0 Å². The smallest absolute Gasteiger partial charge is 0.270 e. The van der Waals surface area contributed by atoms with Crippen LogP contribution in [0.2, 0.25) is 0 Å². The molecule has 2 amide bonds. The number of aryl methyl sites for hydroxylation is 1. The molecule has 1 aromatic carbocycles. The number of benzene rings is 1. The molecule has 3 aromatic rings. The Kier molecular flexibility index (Phi) is 6.48. The summed E-state index contributed by atoms with van der Waals surface area (Å²) >= 11 is 0. The number of hydrogen-bond donors (Lipinski definition) is 3. The Balaban J connectivity index is 1.46. The molecule has 3 heterocycles. The molecule has 1 saturated heterocycles. The van der Waals surface area contributed by atoms with Gasteiger partial charge in [0.2, 0.25) is 11.8 Å². The van der Waals surface area contributed by atoms with E-state index in [0.717, 1.165) is 0 Å². The van der Waals surface area contributed by atoms with Crippen LogP contribution in [0.25, 0.3) is 11.0 Å². The zero-order valence-corrected chi connectivity index (χ0v) is 20.0. The Morgan fingerprint density at radius 3 is 2.72 bits per heavy atom. The summed E-state index contributed by atoms with van der Waals surface area (Å²) in [5.41, 5.74) is 1.30. The second kappa shape index (κ2) is 9.59. The Morgan fingerprint density at radius 1 is 1.25 bits per heavy atom. The topological polar surface area (TPSA) is 105 Å². The molecule has 0 radical (unpaired) electrons. The van der Waals surface area contributed by atoms with Crippen LogP contribution in [0.4, 0.5) is 13.2 Å². The Morgan fingerprint density at radius 2 is 2.03 bits per heavy atom. The Labute approximate surface area is 206 Å². The molecule has 11 heteroatoms. The van der Waals surface area contributed by atoms with Gasteiger partial charge in [-0.05, 0) is 56.2 Å². The quantitative estimate of drug-likeness (QED) is 0.456. The number of carbonyl (C=O) groups is 2. The molecule has 0 spiro atoms. The number of aromatic nitrogens is 4. The zero-order valence-electron chi connectivity index (χ0n) is 20.0. The number of nitrogens with one attached hydrogen (secondary N) is 3. The second-order valence-electron chi connectivity index (χ2n) is 9.71. The van der Waals surface area contributed by atoms with Gasteiger partial charge in [-0.3, -0.25) is 14.3 Å². The third-order valence-corrected chi connectivity index (χ3v) is 7.38. The van der Waals surface area contributed by atoms with E-state index in [1.54, 1.807) is 22.9 Å². The van der Waals surface area contributed by atoms with E-state index in [4.69, 9.17) is 0 Å². The van der Waals surface area contributed by atoms with Crippen LogP contribution in [0.5, 0.6) is 0 Å². The fraction of sp³-hybridized carbons (Fsp3) is 0.520. The molecular formula is C25H29F3N6O2. The van der Waals surface area contributed by atoms with E-state index in [2.05, 4.69) is 25.7 Å². The molecule has 2 aromatic heterocycles. The summed E-state index contributed by atoms with van der Waals surface area (Å²) < 4.78 is 44.8. The third-order valence-electron chi connectivity index (χ3n) is 7.38. The number of halogens is 3. The van der Waals surface area contributed by atoms with Gasteiger partial charge in [-0.15, -0.1) is 0 Å². The molecule has 8 nitrogen and oxygen atoms in total. The summed E-state index contributed by atoms with van der Waals surface area (Å²) in [6, 6.07) is 4.23. The maximum absolute atomic E-state index is 15.4. The summed E-state index contributed by atoms with van der Waals surface area (Å²) in [6.07, 6.45) is 2.29. The van der Waals surface area contributed by atoms with Crippen LogP contribution in [-0.4, -0.2) is 44.0 Å². The summed E-state index contributed by atoms with van der Waals surface area (Å²) in [6.45, 7) is 2.94. The molecular weight excluding hydrogens is 473 g/mol. The molecule has 3 N–H and O–H groups in total. The van der Waals surface area contributed by atoms with Gasteiger partial charge >= 0.3 is 0 Å². The normalized spacial score (nSPS) is 21.0. The van der Waals surface area contributed by atoms with Crippen LogP contribution in [0.15, 0.2) is 24.4 Å². The van der Waals surface area contributed by atoms with E-state index in [-0.39, 0.29) is 55.4 Å². The fourth-order valence-electron chi connectivity index (χ4n) is 5.31. The number of hydrogen-bond acceptors (Lipinski definition) is 4. The first-order valence-corrected chi connectivity index (χ1v) is 12.4. The minimum absolute atomic E-state index is 0.0830. The number of alkyl halides is 2. The largest absolute Gasteiger partial charge is 0.356 e. The average Bonchev–Trinajstić information content (AvgIpc) is 3.59. The minimum atomic E-state index is -2.73. The van der Waals surface area contributed by atoms with E-state index >= 15 is 4.39 Å². The van der Waals surface area contributed by atoms with Gasteiger partial charge in [-0.25, -0.2) is 18.2 Å². The van der Waals surface area contributed by atoms with Gasteiger partial charge in [0.05, 0.1) is 11.6 Å². The van der Waals surface area contributed by atoms with Crippen molar-refractivity contribution in [2.45, 2.75) is 64.0 Å². The highest BCUT2D eigenvalue weighted by Crippen LogP contribution is 2.41. The number of amides is 2. The zero-order chi connectivity index (χ0) is 25.4. The Bertz CT molecular complexity index is 1280. The van der Waals surface area contributed by atoms with Gasteiger partial charge in [0.25, 0.3) is 5.91 Å². The lowest BCUT2D eigenvalue weighted by Gasteiger charge is -2.33. The molecule has 1 aliphatic heterocycles. The molecule has 1 saturated carbocycles. The van der Waals surface area contributed by atoms with Crippen molar-refractivity contribution in [3.63, 3.8) is 0 Å². The molecule has 1 unspecified atom stereocenters. The highest BCUT2D eigenvalue weighted by molar-refractivity contribution is 5.92. The maximum atomic E-state index is 15.4. The molecule has 2 aliphatic rings. The number of imidazole rings is 1. The maximum Gasteiger partial charge on any atom is 0.270 e. The van der Waals surface area contributed by atoms with Crippen LogP contribution in [-0.2, 0) is 17.8 Å². The number of fused-ring (bicyclic) bond motifs is 1. The third kappa shape index (κ3) is 4.70. The fourth-order valence-corrected chi connectivity index (χ4v) is 5.31. The van der Waals surface area contributed by atoms with Crippen LogP contribution < -0.4 is 10.6 Å². The lowest BCUT2D eigenvalue weighted by molar-refractivity contribution is -0.122. The van der Waals surface area contributed by atoms with Crippen molar-refractivity contribution < 1.29 is 22.8 Å². The molecule has 2 atom stereocenters. The summed E-state index contributed by atoms with van der Waals surface area (Å²) in [5.74, 6) is -3.98. The van der Waals surface area contributed by atoms with Gasteiger partial charge < -0.3 is 15.6 Å².